The van der Waals surface area contributed by atoms with Gasteiger partial charge < -0.3 is 0 Å². The molecule has 0 atom stereocenters. The molecule has 0 N–H and O–H groups in total. The van der Waals surface area contributed by atoms with Gasteiger partial charge in [-0.2, -0.15) is 0 Å². The summed E-state index contributed by atoms with van der Waals surface area (Å²) in [6, 6.07) is 6.24. The van der Waals surface area contributed by atoms with Gasteiger partial charge >= 0.3 is 0 Å². The fourth-order valence-corrected chi connectivity index (χ4v) is 1.62. The fourth-order valence-electron chi connectivity index (χ4n) is 1.52. The van der Waals surface area contributed by atoms with Gasteiger partial charge in [0.05, 0.1) is 5.88 Å². The van der Waals surface area contributed by atoms with Crippen molar-refractivity contribution >= 4 is 17.4 Å². The Morgan fingerprint density at radius 1 is 1.36 bits per heavy atom. The highest BCUT2D eigenvalue weighted by Crippen LogP contribution is 2.13. The normalized spacial score (nSPS) is 10.2. The lowest BCUT2D eigenvalue weighted by Crippen LogP contribution is -2.06. The number of hydrogen-bond donors (Lipinski definition) is 0. The van der Waals surface area contributed by atoms with Crippen LogP contribution in [0.5, 0.6) is 0 Å². The number of alkyl halides is 1. The number of carbonyl (C=O) groups excluding carboxylic acids is 1. The van der Waals surface area contributed by atoms with Crippen molar-refractivity contribution in [1.29, 1.82) is 0 Å². The predicted molar refractivity (Wildman–Crippen MR) is 60.0 cm³/mol. The first kappa shape index (κ1) is 11.3. The predicted octanol–water partition coefficient (Wildman–Crippen LogP) is 2.91. The van der Waals surface area contributed by atoms with Crippen LogP contribution in [0.4, 0.5) is 0 Å². The number of halogens is 1. The minimum atomic E-state index is 0.0898. The quantitative estimate of drug-likeness (QED) is 0.699. The molecule has 0 aliphatic rings. The van der Waals surface area contributed by atoms with Gasteiger partial charge in [0.2, 0.25) is 0 Å². The van der Waals surface area contributed by atoms with Gasteiger partial charge in [-0.05, 0) is 24.5 Å². The Morgan fingerprint density at radius 3 is 2.64 bits per heavy atom. The van der Waals surface area contributed by atoms with Crippen molar-refractivity contribution in [3.8, 4) is 0 Å². The molecular weight excluding hydrogens is 196 g/mol. The zero-order valence-electron chi connectivity index (χ0n) is 8.64. The van der Waals surface area contributed by atoms with Crippen LogP contribution in [0.1, 0.15) is 23.6 Å². The van der Waals surface area contributed by atoms with Crippen LogP contribution >= 0.6 is 11.6 Å². The number of benzene rings is 1. The smallest absolute Gasteiger partial charge is 0.151 e. The number of Topliss-reactive ketones (excluding diaryl/α,β-unsaturated/α-hetero) is 1. The van der Waals surface area contributed by atoms with Crippen LogP contribution < -0.4 is 0 Å². The number of hydrogen-bond acceptors (Lipinski definition) is 1. The lowest BCUT2D eigenvalue weighted by Gasteiger charge is -2.07. The molecule has 0 radical (unpaired) electrons. The lowest BCUT2D eigenvalue weighted by atomic mass is 9.99. The van der Waals surface area contributed by atoms with E-state index in [2.05, 4.69) is 25.1 Å². The van der Waals surface area contributed by atoms with Crippen LogP contribution in [0.2, 0.25) is 0 Å². The average molecular weight is 211 g/mol. The first-order valence-electron chi connectivity index (χ1n) is 4.83. The van der Waals surface area contributed by atoms with E-state index in [1.165, 1.54) is 11.1 Å². The summed E-state index contributed by atoms with van der Waals surface area (Å²) in [7, 11) is 0. The van der Waals surface area contributed by atoms with Gasteiger partial charge in [0.25, 0.3) is 0 Å². The zero-order valence-corrected chi connectivity index (χ0v) is 9.40. The third kappa shape index (κ3) is 2.85. The molecule has 0 aromatic heterocycles. The summed E-state index contributed by atoms with van der Waals surface area (Å²) in [6.07, 6.45) is 1.43. The summed E-state index contributed by atoms with van der Waals surface area (Å²) >= 11 is 5.49. The van der Waals surface area contributed by atoms with E-state index in [0.717, 1.165) is 12.0 Å². The van der Waals surface area contributed by atoms with Crippen molar-refractivity contribution in [3.63, 3.8) is 0 Å². The van der Waals surface area contributed by atoms with E-state index in [1.807, 2.05) is 6.92 Å². The third-order valence-electron chi connectivity index (χ3n) is 2.28. The average Bonchev–Trinajstić information content (AvgIpc) is 2.18. The summed E-state index contributed by atoms with van der Waals surface area (Å²) in [5.74, 6) is 0.198. The van der Waals surface area contributed by atoms with E-state index in [-0.39, 0.29) is 11.7 Å². The summed E-state index contributed by atoms with van der Waals surface area (Å²) in [5, 5.41) is 0. The van der Waals surface area contributed by atoms with E-state index in [0.29, 0.717) is 6.42 Å². The van der Waals surface area contributed by atoms with Gasteiger partial charge in [0.15, 0.2) is 5.78 Å². The molecule has 1 rings (SSSR count). The molecule has 0 amide bonds. The number of rotatable bonds is 4. The van der Waals surface area contributed by atoms with Crippen LogP contribution in [0.3, 0.4) is 0 Å². The van der Waals surface area contributed by atoms with E-state index in [1.54, 1.807) is 0 Å². The summed E-state index contributed by atoms with van der Waals surface area (Å²) in [5.41, 5.74) is 3.56. The molecule has 76 valence electrons. The maximum atomic E-state index is 11.2. The molecule has 1 nitrogen and oxygen atoms in total. The van der Waals surface area contributed by atoms with Gasteiger partial charge in [0.1, 0.15) is 0 Å². The number of ketones is 1. The van der Waals surface area contributed by atoms with Crippen molar-refractivity contribution in [2.45, 2.75) is 26.7 Å². The molecule has 1 aromatic carbocycles. The SMILES string of the molecule is CCc1ccc(C)cc1CC(=O)CCl. The summed E-state index contributed by atoms with van der Waals surface area (Å²) in [4.78, 5) is 11.2. The highest BCUT2D eigenvalue weighted by Gasteiger charge is 2.06. The number of carbonyl (C=O) groups is 1. The van der Waals surface area contributed by atoms with E-state index in [9.17, 15) is 4.79 Å². The Kier molecular flexibility index (Phi) is 4.15. The van der Waals surface area contributed by atoms with Crippen molar-refractivity contribution in [3.05, 3.63) is 34.9 Å². The lowest BCUT2D eigenvalue weighted by molar-refractivity contribution is -0.116. The molecule has 1 aromatic rings. The van der Waals surface area contributed by atoms with Crippen LogP contribution in [-0.4, -0.2) is 11.7 Å². The van der Waals surface area contributed by atoms with Crippen molar-refractivity contribution in [2.75, 3.05) is 5.88 Å². The highest BCUT2D eigenvalue weighted by atomic mass is 35.5. The molecular formula is C12H15ClO. The van der Waals surface area contributed by atoms with Crippen LogP contribution in [0.25, 0.3) is 0 Å². The Hall–Kier alpha value is -0.820. The second-order valence-electron chi connectivity index (χ2n) is 3.47. The molecule has 0 bridgehead atoms. The molecule has 0 saturated carbocycles. The first-order valence-corrected chi connectivity index (χ1v) is 5.37. The molecule has 0 aliphatic carbocycles. The van der Waals surface area contributed by atoms with Crippen molar-refractivity contribution in [2.24, 2.45) is 0 Å². The van der Waals surface area contributed by atoms with Gasteiger partial charge in [-0.3, -0.25) is 4.79 Å². The standard InChI is InChI=1S/C12H15ClO/c1-3-10-5-4-9(2)6-11(10)7-12(14)8-13/h4-6H,3,7-8H2,1-2H3. The Balaban J connectivity index is 2.93. The maximum Gasteiger partial charge on any atom is 0.151 e. The van der Waals surface area contributed by atoms with Crippen LogP contribution in [-0.2, 0) is 17.6 Å². The topological polar surface area (TPSA) is 17.1 Å². The van der Waals surface area contributed by atoms with Gasteiger partial charge in [-0.25, -0.2) is 0 Å². The monoisotopic (exact) mass is 210 g/mol. The Labute approximate surface area is 90.1 Å². The van der Waals surface area contributed by atoms with E-state index < -0.39 is 0 Å². The summed E-state index contributed by atoms with van der Waals surface area (Å²) in [6.45, 7) is 4.13. The zero-order chi connectivity index (χ0) is 10.6. The van der Waals surface area contributed by atoms with E-state index in [4.69, 9.17) is 11.6 Å². The van der Waals surface area contributed by atoms with Gasteiger partial charge in [0, 0.05) is 6.42 Å². The first-order chi connectivity index (χ1) is 6.67. The highest BCUT2D eigenvalue weighted by molar-refractivity contribution is 6.27. The largest absolute Gasteiger partial charge is 0.298 e. The second-order valence-corrected chi connectivity index (χ2v) is 3.74. The van der Waals surface area contributed by atoms with Crippen molar-refractivity contribution < 1.29 is 4.79 Å². The summed E-state index contributed by atoms with van der Waals surface area (Å²) < 4.78 is 0. The minimum absolute atomic E-state index is 0.0898. The maximum absolute atomic E-state index is 11.2. The fraction of sp³-hybridized carbons (Fsp3) is 0.417. The molecule has 0 unspecified atom stereocenters. The Bertz CT molecular complexity index is 331. The second kappa shape index (κ2) is 5.16. The molecule has 0 saturated heterocycles. The molecule has 14 heavy (non-hydrogen) atoms. The third-order valence-corrected chi connectivity index (χ3v) is 2.58. The van der Waals surface area contributed by atoms with E-state index >= 15 is 0 Å². The molecule has 0 fully saturated rings. The van der Waals surface area contributed by atoms with Gasteiger partial charge in [-0.15, -0.1) is 11.6 Å². The molecule has 2 heteroatoms. The minimum Gasteiger partial charge on any atom is -0.298 e. The van der Waals surface area contributed by atoms with Gasteiger partial charge in [-0.1, -0.05) is 30.7 Å². The molecule has 0 spiro atoms. The van der Waals surface area contributed by atoms with Crippen LogP contribution in [0, 0.1) is 6.92 Å². The number of aryl methyl sites for hydroxylation is 2. The molecule has 0 heterocycles. The molecule has 0 aliphatic heterocycles. The van der Waals surface area contributed by atoms with Crippen LogP contribution in [0.15, 0.2) is 18.2 Å². The van der Waals surface area contributed by atoms with Crippen molar-refractivity contribution in [1.82, 2.24) is 0 Å². The Morgan fingerprint density at radius 2 is 2.07 bits per heavy atom.